The predicted octanol–water partition coefficient (Wildman–Crippen LogP) is 2.55. The van der Waals surface area contributed by atoms with E-state index in [1.807, 2.05) is 30.3 Å². The minimum absolute atomic E-state index is 0.0744. The van der Waals surface area contributed by atoms with Crippen LogP contribution in [-0.2, 0) is 16.2 Å². The smallest absolute Gasteiger partial charge is 0.260 e. The minimum Gasteiger partial charge on any atom is -0.271 e. The zero-order valence-electron chi connectivity index (χ0n) is 8.91. The fraction of sp³-hybridized carbons (Fsp3) is 0.417. The van der Waals surface area contributed by atoms with Gasteiger partial charge in [-0.2, -0.15) is 0 Å². The number of benzene rings is 1. The summed E-state index contributed by atoms with van der Waals surface area (Å²) in [7, 11) is 0. The fourth-order valence-corrected chi connectivity index (χ4v) is 2.21. The van der Waals surface area contributed by atoms with Crippen LogP contribution in [-0.4, -0.2) is 10.2 Å². The number of hydrogen-bond donors (Lipinski definition) is 1. The van der Waals surface area contributed by atoms with E-state index in [1.54, 1.807) is 0 Å². The summed E-state index contributed by atoms with van der Waals surface area (Å²) in [4.78, 5) is 16.8. The van der Waals surface area contributed by atoms with E-state index in [0.717, 1.165) is 24.8 Å². The Morgan fingerprint density at radius 1 is 1.38 bits per heavy atom. The molecule has 1 aromatic rings. The largest absolute Gasteiger partial charge is 0.271 e. The van der Waals surface area contributed by atoms with Gasteiger partial charge in [0, 0.05) is 0 Å². The Kier molecular flexibility index (Phi) is 3.61. The first-order chi connectivity index (χ1) is 7.71. The van der Waals surface area contributed by atoms with Crippen molar-refractivity contribution in [3.63, 3.8) is 0 Å². The third-order valence-electron chi connectivity index (χ3n) is 2.80. The number of halogens is 1. The van der Waals surface area contributed by atoms with Gasteiger partial charge in [-0.1, -0.05) is 46.3 Å². The third-order valence-corrected chi connectivity index (χ3v) is 3.95. The van der Waals surface area contributed by atoms with Crippen molar-refractivity contribution in [1.29, 1.82) is 0 Å². The van der Waals surface area contributed by atoms with Crippen LogP contribution in [0.1, 0.15) is 24.8 Å². The van der Waals surface area contributed by atoms with E-state index in [4.69, 9.17) is 4.84 Å². The lowest BCUT2D eigenvalue weighted by Crippen LogP contribution is -2.46. The molecule has 0 radical (unpaired) electrons. The number of hydroxylamine groups is 1. The molecule has 0 atom stereocenters. The molecule has 3 nitrogen and oxygen atoms in total. The second kappa shape index (κ2) is 4.97. The normalized spacial score (nSPS) is 17.6. The first kappa shape index (κ1) is 11.6. The molecule has 0 unspecified atom stereocenters. The van der Waals surface area contributed by atoms with Crippen LogP contribution in [0.4, 0.5) is 0 Å². The summed E-state index contributed by atoms with van der Waals surface area (Å²) < 4.78 is -0.385. The van der Waals surface area contributed by atoms with Gasteiger partial charge in [-0.25, -0.2) is 5.48 Å². The van der Waals surface area contributed by atoms with Crippen LogP contribution >= 0.6 is 15.9 Å². The Labute approximate surface area is 103 Å². The third kappa shape index (κ3) is 2.62. The maximum absolute atomic E-state index is 11.7. The van der Waals surface area contributed by atoms with Gasteiger partial charge in [0.2, 0.25) is 0 Å². The van der Waals surface area contributed by atoms with Gasteiger partial charge in [-0.05, 0) is 24.8 Å². The standard InChI is InChI=1S/C12H14BrNO2/c13-12(7-4-8-12)11(15)14-16-9-10-5-2-1-3-6-10/h1-3,5-6H,4,7-9H2,(H,14,15). The van der Waals surface area contributed by atoms with E-state index in [1.165, 1.54) is 0 Å². The van der Waals surface area contributed by atoms with Gasteiger partial charge in [0.05, 0.1) is 6.61 Å². The zero-order chi connectivity index (χ0) is 11.4. The molecule has 0 heterocycles. The highest BCUT2D eigenvalue weighted by Crippen LogP contribution is 2.40. The molecule has 0 aromatic heterocycles. The first-order valence-corrected chi connectivity index (χ1v) is 6.15. The average molecular weight is 284 g/mol. The number of hydrogen-bond acceptors (Lipinski definition) is 2. The Hall–Kier alpha value is -0.870. The van der Waals surface area contributed by atoms with Crippen molar-refractivity contribution in [2.24, 2.45) is 0 Å². The van der Waals surface area contributed by atoms with Crippen LogP contribution in [0.3, 0.4) is 0 Å². The Bertz CT molecular complexity index is 363. The summed E-state index contributed by atoms with van der Waals surface area (Å²) in [6.07, 6.45) is 2.86. The molecule has 1 N–H and O–H groups in total. The van der Waals surface area contributed by atoms with E-state index in [0.29, 0.717) is 6.61 Å². The number of rotatable bonds is 4. The van der Waals surface area contributed by atoms with Crippen LogP contribution in [0, 0.1) is 0 Å². The van der Waals surface area contributed by atoms with Crippen molar-refractivity contribution in [3.05, 3.63) is 35.9 Å². The number of carbonyl (C=O) groups excluding carboxylic acids is 1. The van der Waals surface area contributed by atoms with Crippen molar-refractivity contribution in [2.75, 3.05) is 0 Å². The molecule has 0 saturated heterocycles. The van der Waals surface area contributed by atoms with Crippen molar-refractivity contribution in [2.45, 2.75) is 30.2 Å². The molecule has 1 aliphatic rings. The predicted molar refractivity (Wildman–Crippen MR) is 64.9 cm³/mol. The second-order valence-corrected chi connectivity index (χ2v) is 5.54. The lowest BCUT2D eigenvalue weighted by Gasteiger charge is -2.33. The Morgan fingerprint density at radius 3 is 2.62 bits per heavy atom. The van der Waals surface area contributed by atoms with Gasteiger partial charge < -0.3 is 0 Å². The Balaban J connectivity index is 1.74. The molecule has 1 amide bonds. The second-order valence-electron chi connectivity index (χ2n) is 4.02. The highest BCUT2D eigenvalue weighted by atomic mass is 79.9. The number of nitrogens with one attached hydrogen (secondary N) is 1. The summed E-state index contributed by atoms with van der Waals surface area (Å²) in [6.45, 7) is 0.398. The molecule has 2 rings (SSSR count). The molecule has 0 aliphatic heterocycles. The molecule has 1 aliphatic carbocycles. The van der Waals surface area contributed by atoms with Crippen LogP contribution in [0.25, 0.3) is 0 Å². The Morgan fingerprint density at radius 2 is 2.06 bits per heavy atom. The minimum atomic E-state index is -0.385. The van der Waals surface area contributed by atoms with Crippen LogP contribution in [0.15, 0.2) is 30.3 Å². The summed E-state index contributed by atoms with van der Waals surface area (Å²) in [6, 6.07) is 9.75. The molecule has 0 bridgehead atoms. The van der Waals surface area contributed by atoms with Gasteiger partial charge in [-0.3, -0.25) is 9.63 Å². The van der Waals surface area contributed by atoms with Crippen LogP contribution in [0.5, 0.6) is 0 Å². The SMILES string of the molecule is O=C(NOCc1ccccc1)C1(Br)CCC1. The maximum Gasteiger partial charge on any atom is 0.260 e. The van der Waals surface area contributed by atoms with Gasteiger partial charge in [0.25, 0.3) is 5.91 Å². The van der Waals surface area contributed by atoms with Crippen molar-refractivity contribution < 1.29 is 9.63 Å². The van der Waals surface area contributed by atoms with Gasteiger partial charge in [0.1, 0.15) is 4.32 Å². The summed E-state index contributed by atoms with van der Waals surface area (Å²) >= 11 is 3.43. The average Bonchev–Trinajstić information content (AvgIpc) is 2.27. The number of carbonyl (C=O) groups is 1. The maximum atomic E-state index is 11.7. The number of alkyl halides is 1. The molecule has 1 aromatic carbocycles. The molecule has 16 heavy (non-hydrogen) atoms. The molecule has 0 spiro atoms. The topological polar surface area (TPSA) is 38.3 Å². The fourth-order valence-electron chi connectivity index (χ4n) is 1.56. The highest BCUT2D eigenvalue weighted by molar-refractivity contribution is 9.10. The van der Waals surface area contributed by atoms with Gasteiger partial charge >= 0.3 is 0 Å². The van der Waals surface area contributed by atoms with E-state index >= 15 is 0 Å². The molecule has 4 heteroatoms. The summed E-state index contributed by atoms with van der Waals surface area (Å²) in [5.74, 6) is -0.0744. The van der Waals surface area contributed by atoms with Crippen LogP contribution in [0.2, 0.25) is 0 Å². The number of amides is 1. The van der Waals surface area contributed by atoms with E-state index in [2.05, 4.69) is 21.4 Å². The van der Waals surface area contributed by atoms with E-state index in [9.17, 15) is 4.79 Å². The quantitative estimate of drug-likeness (QED) is 0.681. The van der Waals surface area contributed by atoms with Crippen molar-refractivity contribution in [3.8, 4) is 0 Å². The van der Waals surface area contributed by atoms with E-state index < -0.39 is 0 Å². The molecular formula is C12H14BrNO2. The zero-order valence-corrected chi connectivity index (χ0v) is 10.5. The van der Waals surface area contributed by atoms with E-state index in [-0.39, 0.29) is 10.2 Å². The van der Waals surface area contributed by atoms with Crippen molar-refractivity contribution in [1.82, 2.24) is 5.48 Å². The summed E-state index contributed by atoms with van der Waals surface area (Å²) in [5, 5.41) is 0. The monoisotopic (exact) mass is 283 g/mol. The van der Waals surface area contributed by atoms with Crippen LogP contribution < -0.4 is 5.48 Å². The lowest BCUT2D eigenvalue weighted by atomic mass is 9.85. The first-order valence-electron chi connectivity index (χ1n) is 5.36. The molecular weight excluding hydrogens is 270 g/mol. The highest BCUT2D eigenvalue weighted by Gasteiger charge is 2.41. The summed E-state index contributed by atoms with van der Waals surface area (Å²) in [5.41, 5.74) is 3.53. The van der Waals surface area contributed by atoms with Gasteiger partial charge in [-0.15, -0.1) is 0 Å². The van der Waals surface area contributed by atoms with Gasteiger partial charge in [0.15, 0.2) is 0 Å². The van der Waals surface area contributed by atoms with Crippen molar-refractivity contribution >= 4 is 21.8 Å². The lowest BCUT2D eigenvalue weighted by molar-refractivity contribution is -0.138. The molecule has 1 fully saturated rings. The molecule has 86 valence electrons. The molecule has 1 saturated carbocycles.